The first kappa shape index (κ1) is 15.2. The van der Waals surface area contributed by atoms with E-state index < -0.39 is 0 Å². The van der Waals surface area contributed by atoms with Crippen molar-refractivity contribution in [1.82, 2.24) is 0 Å². The van der Waals surface area contributed by atoms with Crippen molar-refractivity contribution >= 4 is 22.6 Å². The summed E-state index contributed by atoms with van der Waals surface area (Å²) < 4.78 is 20.8. The molecule has 0 N–H and O–H groups in total. The largest absolute Gasteiger partial charge is 0.369 e. The molecule has 0 amide bonds. The Hall–Kier alpha value is -0.160. The molecule has 1 aromatic rings. The highest BCUT2D eigenvalue weighted by molar-refractivity contribution is 14.1. The zero-order valence-corrected chi connectivity index (χ0v) is 13.6. The minimum Gasteiger partial charge on any atom is -0.369 e. The van der Waals surface area contributed by atoms with Crippen molar-refractivity contribution in [2.45, 2.75) is 51.2 Å². The molecule has 1 fully saturated rings. The first-order chi connectivity index (χ1) is 9.24. The molecule has 0 radical (unpaired) electrons. The number of halogens is 2. The molecule has 0 heterocycles. The molecule has 106 valence electrons. The van der Waals surface area contributed by atoms with E-state index in [0.717, 1.165) is 23.2 Å². The van der Waals surface area contributed by atoms with Crippen LogP contribution >= 0.6 is 22.6 Å². The molecule has 3 unspecified atom stereocenters. The third-order valence-electron chi connectivity index (χ3n) is 4.06. The number of hydrogen-bond donors (Lipinski definition) is 0. The van der Waals surface area contributed by atoms with Gasteiger partial charge in [0, 0.05) is 9.99 Å². The average Bonchev–Trinajstić information content (AvgIpc) is 2.46. The van der Waals surface area contributed by atoms with Crippen LogP contribution in [-0.4, -0.2) is 10.5 Å². The van der Waals surface area contributed by atoms with Gasteiger partial charge in [0.15, 0.2) is 0 Å². The van der Waals surface area contributed by atoms with Crippen LogP contribution in [-0.2, 0) is 4.74 Å². The van der Waals surface area contributed by atoms with Gasteiger partial charge in [0.25, 0.3) is 0 Å². The summed E-state index contributed by atoms with van der Waals surface area (Å²) in [5, 5.41) is 0. The Bertz CT molecular complexity index is 396. The van der Waals surface area contributed by atoms with Gasteiger partial charge in [-0.05, 0) is 24.8 Å². The summed E-state index contributed by atoms with van der Waals surface area (Å²) in [6.45, 7) is 2.25. The standard InChI is InChI=1S/C16H22FIO/c1-2-12-6-5-7-13(10-12)19-16(11-18)14-8-3-4-9-15(14)17/h3-4,8-9,12-13,16H,2,5-7,10-11H2,1H3. The summed E-state index contributed by atoms with van der Waals surface area (Å²) >= 11 is 2.29. The molecule has 0 aromatic heterocycles. The maximum Gasteiger partial charge on any atom is 0.129 e. The SMILES string of the molecule is CCC1CCCC(OC(CI)c2ccccc2F)C1. The van der Waals surface area contributed by atoms with Crippen molar-refractivity contribution in [3.8, 4) is 0 Å². The van der Waals surface area contributed by atoms with Crippen LogP contribution in [0.1, 0.15) is 50.7 Å². The van der Waals surface area contributed by atoms with E-state index >= 15 is 0 Å². The molecule has 2 rings (SSSR count). The van der Waals surface area contributed by atoms with E-state index in [-0.39, 0.29) is 11.9 Å². The molecule has 0 saturated heterocycles. The number of alkyl halides is 1. The Labute approximate surface area is 129 Å². The third-order valence-corrected chi connectivity index (χ3v) is 4.86. The molecule has 1 aromatic carbocycles. The zero-order chi connectivity index (χ0) is 13.7. The lowest BCUT2D eigenvalue weighted by atomic mass is 9.85. The summed E-state index contributed by atoms with van der Waals surface area (Å²) in [5.74, 6) is 0.640. The van der Waals surface area contributed by atoms with Crippen molar-refractivity contribution < 1.29 is 9.13 Å². The molecular weight excluding hydrogens is 354 g/mol. The van der Waals surface area contributed by atoms with Gasteiger partial charge in [-0.1, -0.05) is 67.0 Å². The normalized spacial score (nSPS) is 25.2. The minimum absolute atomic E-state index is 0.109. The average molecular weight is 376 g/mol. The molecule has 1 saturated carbocycles. The highest BCUT2D eigenvalue weighted by Crippen LogP contribution is 2.33. The van der Waals surface area contributed by atoms with Crippen LogP contribution in [0, 0.1) is 11.7 Å². The van der Waals surface area contributed by atoms with Crippen LogP contribution in [0.5, 0.6) is 0 Å². The highest BCUT2D eigenvalue weighted by Gasteiger charge is 2.25. The van der Waals surface area contributed by atoms with E-state index in [1.807, 2.05) is 12.1 Å². The Morgan fingerprint density at radius 1 is 1.37 bits per heavy atom. The Balaban J connectivity index is 2.01. The summed E-state index contributed by atoms with van der Waals surface area (Å²) in [7, 11) is 0. The molecule has 0 spiro atoms. The molecule has 1 aliphatic carbocycles. The minimum atomic E-state index is -0.146. The van der Waals surface area contributed by atoms with Gasteiger partial charge < -0.3 is 4.74 Å². The lowest BCUT2D eigenvalue weighted by molar-refractivity contribution is -0.0318. The van der Waals surface area contributed by atoms with Gasteiger partial charge in [0.1, 0.15) is 5.82 Å². The van der Waals surface area contributed by atoms with E-state index in [1.54, 1.807) is 6.07 Å². The van der Waals surface area contributed by atoms with Gasteiger partial charge in [-0.25, -0.2) is 4.39 Å². The Morgan fingerprint density at radius 2 is 2.16 bits per heavy atom. The van der Waals surface area contributed by atoms with Gasteiger partial charge in [-0.2, -0.15) is 0 Å². The molecule has 3 heteroatoms. The van der Waals surface area contributed by atoms with E-state index in [2.05, 4.69) is 29.5 Å². The second-order valence-corrected chi connectivity index (χ2v) is 6.24. The van der Waals surface area contributed by atoms with Crippen molar-refractivity contribution in [2.75, 3.05) is 4.43 Å². The molecule has 1 aliphatic rings. The molecule has 3 atom stereocenters. The summed E-state index contributed by atoms with van der Waals surface area (Å²) in [4.78, 5) is 0. The van der Waals surface area contributed by atoms with E-state index in [0.29, 0.717) is 11.7 Å². The van der Waals surface area contributed by atoms with Gasteiger partial charge in [0.2, 0.25) is 0 Å². The lowest BCUT2D eigenvalue weighted by Crippen LogP contribution is -2.25. The fourth-order valence-corrected chi connectivity index (χ4v) is 3.58. The Morgan fingerprint density at radius 3 is 2.84 bits per heavy atom. The van der Waals surface area contributed by atoms with Gasteiger partial charge in [-0.15, -0.1) is 0 Å². The topological polar surface area (TPSA) is 9.23 Å². The van der Waals surface area contributed by atoms with Crippen LogP contribution in [0.2, 0.25) is 0 Å². The van der Waals surface area contributed by atoms with Gasteiger partial charge >= 0.3 is 0 Å². The molecule has 0 bridgehead atoms. The first-order valence-corrected chi connectivity index (χ1v) is 8.73. The number of rotatable bonds is 5. The fraction of sp³-hybridized carbons (Fsp3) is 0.625. The molecule has 1 nitrogen and oxygen atoms in total. The fourth-order valence-electron chi connectivity index (χ4n) is 2.90. The Kier molecular flexibility index (Phi) is 6.07. The van der Waals surface area contributed by atoms with Crippen LogP contribution < -0.4 is 0 Å². The van der Waals surface area contributed by atoms with Crippen LogP contribution in [0.4, 0.5) is 4.39 Å². The van der Waals surface area contributed by atoms with Crippen molar-refractivity contribution in [3.63, 3.8) is 0 Å². The first-order valence-electron chi connectivity index (χ1n) is 7.20. The van der Waals surface area contributed by atoms with Crippen LogP contribution in [0.25, 0.3) is 0 Å². The van der Waals surface area contributed by atoms with Crippen LogP contribution in [0.3, 0.4) is 0 Å². The van der Waals surface area contributed by atoms with Gasteiger partial charge in [0.05, 0.1) is 12.2 Å². The smallest absolute Gasteiger partial charge is 0.129 e. The molecule has 19 heavy (non-hydrogen) atoms. The predicted molar refractivity (Wildman–Crippen MR) is 85.2 cm³/mol. The second-order valence-electron chi connectivity index (χ2n) is 5.36. The maximum absolute atomic E-state index is 13.8. The van der Waals surface area contributed by atoms with Crippen molar-refractivity contribution in [1.29, 1.82) is 0 Å². The number of benzene rings is 1. The zero-order valence-electron chi connectivity index (χ0n) is 11.4. The molecular formula is C16H22FIO. The monoisotopic (exact) mass is 376 g/mol. The second kappa shape index (κ2) is 7.58. The quantitative estimate of drug-likeness (QED) is 0.501. The van der Waals surface area contributed by atoms with Crippen molar-refractivity contribution in [2.24, 2.45) is 5.92 Å². The highest BCUT2D eigenvalue weighted by atomic mass is 127. The van der Waals surface area contributed by atoms with Crippen molar-refractivity contribution in [3.05, 3.63) is 35.6 Å². The number of ether oxygens (including phenoxy) is 1. The third kappa shape index (κ3) is 4.15. The van der Waals surface area contributed by atoms with Gasteiger partial charge in [-0.3, -0.25) is 0 Å². The maximum atomic E-state index is 13.8. The van der Waals surface area contributed by atoms with Crippen LogP contribution in [0.15, 0.2) is 24.3 Å². The summed E-state index contributed by atoms with van der Waals surface area (Å²) in [6, 6.07) is 6.99. The van der Waals surface area contributed by atoms with E-state index in [9.17, 15) is 4.39 Å². The summed E-state index contributed by atoms with van der Waals surface area (Å²) in [6.07, 6.45) is 6.25. The summed E-state index contributed by atoms with van der Waals surface area (Å²) in [5.41, 5.74) is 0.704. The number of hydrogen-bond acceptors (Lipinski definition) is 1. The lowest BCUT2D eigenvalue weighted by Gasteiger charge is -2.31. The molecule has 0 aliphatic heterocycles. The van der Waals surface area contributed by atoms with E-state index in [4.69, 9.17) is 4.74 Å². The predicted octanol–water partition coefficient (Wildman–Crippen LogP) is 5.29. The van der Waals surface area contributed by atoms with E-state index in [1.165, 1.54) is 25.3 Å².